The van der Waals surface area contributed by atoms with Crippen molar-refractivity contribution in [2.45, 2.75) is 84.7 Å². The van der Waals surface area contributed by atoms with Gasteiger partial charge in [0.05, 0.1) is 36.6 Å². The van der Waals surface area contributed by atoms with Crippen LogP contribution in [0.3, 0.4) is 0 Å². The normalized spacial score (nSPS) is 18.2. The molecule has 0 spiro atoms. The molecule has 45 heavy (non-hydrogen) atoms. The number of nitrogens with zero attached hydrogens (tertiary/aromatic N) is 1. The van der Waals surface area contributed by atoms with Crippen LogP contribution < -0.4 is 10.4 Å². The first-order valence-electron chi connectivity index (χ1n) is 16.1. The van der Waals surface area contributed by atoms with Crippen LogP contribution in [0, 0.1) is 12.8 Å². The highest BCUT2D eigenvalue weighted by atomic mass is 35.5. The molecule has 244 valence electrons. The summed E-state index contributed by atoms with van der Waals surface area (Å²) >= 11 is 8.44. The SMILES string of the molecule is C/C(=C\c1csc(C)n1)[C@H](C/C=C(/Cl)COC[C@H](C)COC1CCCCO1)O[Si](c1ccccc1)(c1ccccc1)C(C)(C)C. The summed E-state index contributed by atoms with van der Waals surface area (Å²) in [4.78, 5) is 4.71. The topological polar surface area (TPSA) is 49.8 Å². The van der Waals surface area contributed by atoms with Gasteiger partial charge in [-0.25, -0.2) is 4.98 Å². The molecule has 8 heteroatoms. The minimum absolute atomic E-state index is 0.0818. The number of hydrogen-bond acceptors (Lipinski definition) is 6. The Kier molecular flexibility index (Phi) is 13.6. The molecule has 0 amide bonds. The van der Waals surface area contributed by atoms with E-state index in [1.54, 1.807) is 11.3 Å². The van der Waals surface area contributed by atoms with Gasteiger partial charge in [-0.1, -0.05) is 106 Å². The van der Waals surface area contributed by atoms with Crippen molar-refractivity contribution in [3.05, 3.63) is 93.4 Å². The Morgan fingerprint density at radius 2 is 1.73 bits per heavy atom. The van der Waals surface area contributed by atoms with Crippen molar-refractivity contribution >= 4 is 47.7 Å². The van der Waals surface area contributed by atoms with E-state index >= 15 is 0 Å². The van der Waals surface area contributed by atoms with E-state index in [9.17, 15) is 0 Å². The number of rotatable bonds is 15. The van der Waals surface area contributed by atoms with E-state index in [2.05, 4.69) is 113 Å². The van der Waals surface area contributed by atoms with Crippen molar-refractivity contribution in [3.63, 3.8) is 0 Å². The van der Waals surface area contributed by atoms with Gasteiger partial charge in [0.15, 0.2) is 6.29 Å². The molecule has 0 aliphatic carbocycles. The maximum atomic E-state index is 7.57. The van der Waals surface area contributed by atoms with E-state index in [-0.39, 0.29) is 23.4 Å². The molecule has 0 radical (unpaired) electrons. The summed E-state index contributed by atoms with van der Waals surface area (Å²) in [6, 6.07) is 21.5. The van der Waals surface area contributed by atoms with Crippen LogP contribution in [-0.2, 0) is 18.6 Å². The fraction of sp³-hybridized carbons (Fsp3) is 0.486. The van der Waals surface area contributed by atoms with Crippen molar-refractivity contribution < 1.29 is 18.6 Å². The number of aryl methyl sites for hydroxylation is 1. The summed E-state index contributed by atoms with van der Waals surface area (Å²) < 4.78 is 25.2. The molecule has 0 N–H and O–H groups in total. The molecule has 0 bridgehead atoms. The molecular formula is C37H50ClNO4SSi. The molecule has 1 saturated heterocycles. The highest BCUT2D eigenvalue weighted by Gasteiger charge is 2.51. The standard InChI is InChI=1S/C37H50ClNO4SSi/c1-28(25-42-36-19-13-14-22-41-36)24-40-26-31(38)20-21-35(29(2)23-32-27-44-30(3)39-32)43-45(37(4,5)6,33-15-9-7-10-16-33)34-17-11-8-12-18-34/h7-12,15-18,20,23,27-28,35-36H,13-14,19,21-22,24-26H2,1-6H3/b29-23+,31-20+/t28-,35-,36?/m0/s1. The van der Waals surface area contributed by atoms with Gasteiger partial charge in [-0.05, 0) is 66.6 Å². The number of thiazole rings is 1. The van der Waals surface area contributed by atoms with Crippen molar-refractivity contribution in [3.8, 4) is 0 Å². The first-order valence-corrected chi connectivity index (χ1v) is 19.3. The number of aromatic nitrogens is 1. The molecule has 1 aliphatic rings. The van der Waals surface area contributed by atoms with Crippen LogP contribution in [0.4, 0.5) is 0 Å². The molecule has 3 aromatic rings. The van der Waals surface area contributed by atoms with E-state index in [0.29, 0.717) is 31.3 Å². The summed E-state index contributed by atoms with van der Waals surface area (Å²) in [6.45, 7) is 15.5. The molecular weight excluding hydrogens is 618 g/mol. The average molecular weight is 668 g/mol. The van der Waals surface area contributed by atoms with Crippen LogP contribution in [0.25, 0.3) is 6.08 Å². The van der Waals surface area contributed by atoms with E-state index < -0.39 is 8.32 Å². The van der Waals surface area contributed by atoms with Gasteiger partial charge in [0.1, 0.15) is 0 Å². The Labute approximate surface area is 280 Å². The quantitative estimate of drug-likeness (QED) is 0.152. The van der Waals surface area contributed by atoms with Crippen LogP contribution in [0.2, 0.25) is 5.04 Å². The minimum atomic E-state index is -2.81. The Morgan fingerprint density at radius 1 is 1.07 bits per heavy atom. The predicted molar refractivity (Wildman–Crippen MR) is 191 cm³/mol. The zero-order chi connectivity index (χ0) is 32.3. The second-order valence-electron chi connectivity index (χ2n) is 13.1. The van der Waals surface area contributed by atoms with Crippen LogP contribution in [0.15, 0.2) is 82.7 Å². The first kappa shape index (κ1) is 35.7. The summed E-state index contributed by atoms with van der Waals surface area (Å²) in [5, 5.41) is 6.17. The zero-order valence-corrected chi connectivity index (χ0v) is 30.3. The second kappa shape index (κ2) is 17.2. The molecule has 0 saturated carbocycles. The Balaban J connectivity index is 1.55. The fourth-order valence-corrected chi connectivity index (χ4v) is 11.3. The van der Waals surface area contributed by atoms with Crippen molar-refractivity contribution in [2.75, 3.05) is 26.4 Å². The molecule has 3 atom stereocenters. The molecule has 4 rings (SSSR count). The van der Waals surface area contributed by atoms with E-state index in [1.807, 2.05) is 6.92 Å². The molecule has 5 nitrogen and oxygen atoms in total. The second-order valence-corrected chi connectivity index (χ2v) is 18.9. The van der Waals surface area contributed by atoms with Gasteiger partial charge >= 0.3 is 0 Å². The Morgan fingerprint density at radius 3 is 2.29 bits per heavy atom. The van der Waals surface area contributed by atoms with Crippen LogP contribution in [0.5, 0.6) is 0 Å². The third-order valence-electron chi connectivity index (χ3n) is 8.16. The van der Waals surface area contributed by atoms with E-state index in [0.717, 1.165) is 42.1 Å². The fourth-order valence-electron chi connectivity index (χ4n) is 5.82. The highest BCUT2D eigenvalue weighted by Crippen LogP contribution is 2.39. The first-order chi connectivity index (χ1) is 21.6. The smallest absolute Gasteiger partial charge is 0.261 e. The lowest BCUT2D eigenvalue weighted by molar-refractivity contribution is -0.170. The summed E-state index contributed by atoms with van der Waals surface area (Å²) in [5.74, 6) is 0.248. The average Bonchev–Trinajstić information content (AvgIpc) is 3.45. The monoisotopic (exact) mass is 667 g/mol. The number of hydrogen-bond donors (Lipinski definition) is 0. The predicted octanol–water partition coefficient (Wildman–Crippen LogP) is 8.51. The largest absolute Gasteiger partial charge is 0.400 e. The van der Waals surface area contributed by atoms with Crippen LogP contribution in [-0.4, -0.2) is 52.1 Å². The third kappa shape index (κ3) is 10.2. The zero-order valence-electron chi connectivity index (χ0n) is 27.8. The van der Waals surface area contributed by atoms with Crippen molar-refractivity contribution in [1.29, 1.82) is 0 Å². The van der Waals surface area contributed by atoms with Gasteiger partial charge < -0.3 is 18.6 Å². The number of ether oxygens (including phenoxy) is 3. The Bertz CT molecular complexity index is 1330. The Hall–Kier alpha value is -2.10. The van der Waals surface area contributed by atoms with E-state index in [1.165, 1.54) is 10.4 Å². The van der Waals surface area contributed by atoms with E-state index in [4.69, 9.17) is 35.2 Å². The minimum Gasteiger partial charge on any atom is -0.400 e. The molecule has 1 aliphatic heterocycles. The maximum Gasteiger partial charge on any atom is 0.261 e. The lowest BCUT2D eigenvalue weighted by Gasteiger charge is -2.45. The van der Waals surface area contributed by atoms with Gasteiger partial charge in [0, 0.05) is 22.9 Å². The summed E-state index contributed by atoms with van der Waals surface area (Å²) in [5.41, 5.74) is 2.07. The highest BCUT2D eigenvalue weighted by molar-refractivity contribution is 7.09. The third-order valence-corrected chi connectivity index (χ3v) is 14.3. The van der Waals surface area contributed by atoms with Gasteiger partial charge in [-0.3, -0.25) is 0 Å². The van der Waals surface area contributed by atoms with Crippen molar-refractivity contribution in [1.82, 2.24) is 4.98 Å². The van der Waals surface area contributed by atoms with Crippen LogP contribution >= 0.6 is 22.9 Å². The molecule has 1 unspecified atom stereocenters. The molecule has 2 aromatic carbocycles. The van der Waals surface area contributed by atoms with Crippen molar-refractivity contribution in [2.24, 2.45) is 5.92 Å². The lowest BCUT2D eigenvalue weighted by atomic mass is 10.1. The van der Waals surface area contributed by atoms with Gasteiger partial charge in [0.2, 0.25) is 0 Å². The molecule has 1 aromatic heterocycles. The molecule has 2 heterocycles. The number of halogens is 1. The maximum absolute atomic E-state index is 7.57. The van der Waals surface area contributed by atoms with Gasteiger partial charge in [0.25, 0.3) is 8.32 Å². The van der Waals surface area contributed by atoms with Crippen LogP contribution in [0.1, 0.15) is 71.0 Å². The van der Waals surface area contributed by atoms with Gasteiger partial charge in [-0.15, -0.1) is 11.3 Å². The molecule has 1 fully saturated rings. The summed E-state index contributed by atoms with van der Waals surface area (Å²) in [7, 11) is -2.81. The van der Waals surface area contributed by atoms with Gasteiger partial charge in [-0.2, -0.15) is 0 Å². The lowest BCUT2D eigenvalue weighted by Crippen LogP contribution is -2.67. The summed E-state index contributed by atoms with van der Waals surface area (Å²) in [6.07, 6.45) is 7.79. The number of benzene rings is 2.